The SMILES string of the molecule is Cc1ccccc1COc1cccc(CC(=O)N[C@@H](C)CN)c1. The summed E-state index contributed by atoms with van der Waals surface area (Å²) in [6, 6.07) is 15.8. The molecule has 122 valence electrons. The largest absolute Gasteiger partial charge is 0.489 e. The predicted molar refractivity (Wildman–Crippen MR) is 92.3 cm³/mol. The maximum absolute atomic E-state index is 11.9. The molecule has 0 aliphatic heterocycles. The molecule has 0 unspecified atom stereocenters. The summed E-state index contributed by atoms with van der Waals surface area (Å²) in [6.07, 6.45) is 0.325. The lowest BCUT2D eigenvalue weighted by Crippen LogP contribution is -2.38. The van der Waals surface area contributed by atoms with Gasteiger partial charge in [-0.1, -0.05) is 36.4 Å². The molecule has 0 saturated heterocycles. The van der Waals surface area contributed by atoms with Gasteiger partial charge in [-0.15, -0.1) is 0 Å². The number of benzene rings is 2. The number of carbonyl (C=O) groups is 1. The number of nitrogens with two attached hydrogens (primary N) is 1. The number of carbonyl (C=O) groups excluding carboxylic acids is 1. The summed E-state index contributed by atoms with van der Waals surface area (Å²) in [6.45, 7) is 4.91. The second kappa shape index (κ2) is 8.34. The number of ether oxygens (including phenoxy) is 1. The van der Waals surface area contributed by atoms with E-state index in [1.54, 1.807) is 0 Å². The average molecular weight is 312 g/mol. The van der Waals surface area contributed by atoms with Crippen LogP contribution in [0.25, 0.3) is 0 Å². The number of hydrogen-bond acceptors (Lipinski definition) is 3. The van der Waals surface area contributed by atoms with Gasteiger partial charge in [0.1, 0.15) is 12.4 Å². The lowest BCUT2D eigenvalue weighted by molar-refractivity contribution is -0.120. The van der Waals surface area contributed by atoms with Crippen LogP contribution in [0, 0.1) is 6.92 Å². The quantitative estimate of drug-likeness (QED) is 0.826. The van der Waals surface area contributed by atoms with Gasteiger partial charge in [0.2, 0.25) is 5.91 Å². The van der Waals surface area contributed by atoms with E-state index < -0.39 is 0 Å². The average Bonchev–Trinajstić information content (AvgIpc) is 2.54. The molecular formula is C19H24N2O2. The number of nitrogens with one attached hydrogen (secondary N) is 1. The molecule has 1 amide bonds. The zero-order valence-corrected chi connectivity index (χ0v) is 13.7. The molecule has 4 heteroatoms. The molecular weight excluding hydrogens is 288 g/mol. The van der Waals surface area contributed by atoms with Crippen molar-refractivity contribution >= 4 is 5.91 Å². The Morgan fingerprint density at radius 3 is 2.74 bits per heavy atom. The summed E-state index contributed by atoms with van der Waals surface area (Å²) in [4.78, 5) is 11.9. The van der Waals surface area contributed by atoms with Crippen molar-refractivity contribution in [3.63, 3.8) is 0 Å². The van der Waals surface area contributed by atoms with E-state index >= 15 is 0 Å². The molecule has 0 fully saturated rings. The normalized spacial score (nSPS) is 11.8. The molecule has 0 bridgehead atoms. The minimum absolute atomic E-state index is 0.0111. The summed E-state index contributed by atoms with van der Waals surface area (Å²) < 4.78 is 5.85. The second-order valence-electron chi connectivity index (χ2n) is 5.74. The van der Waals surface area contributed by atoms with E-state index in [1.165, 1.54) is 5.56 Å². The lowest BCUT2D eigenvalue weighted by atomic mass is 10.1. The first-order valence-corrected chi connectivity index (χ1v) is 7.84. The van der Waals surface area contributed by atoms with Crippen LogP contribution in [-0.4, -0.2) is 18.5 Å². The molecule has 0 spiro atoms. The number of amides is 1. The van der Waals surface area contributed by atoms with Crippen LogP contribution in [0.4, 0.5) is 0 Å². The Kier molecular flexibility index (Phi) is 6.18. The van der Waals surface area contributed by atoms with Gasteiger partial charge >= 0.3 is 0 Å². The summed E-state index contributed by atoms with van der Waals surface area (Å²) >= 11 is 0. The molecule has 4 nitrogen and oxygen atoms in total. The molecule has 23 heavy (non-hydrogen) atoms. The molecule has 2 aromatic rings. The Labute approximate surface area is 137 Å². The van der Waals surface area contributed by atoms with Crippen LogP contribution in [-0.2, 0) is 17.8 Å². The summed E-state index contributed by atoms with van der Waals surface area (Å²) in [7, 11) is 0. The maximum atomic E-state index is 11.9. The first-order chi connectivity index (χ1) is 11.1. The minimum Gasteiger partial charge on any atom is -0.489 e. The molecule has 2 rings (SSSR count). The van der Waals surface area contributed by atoms with E-state index in [0.717, 1.165) is 16.9 Å². The van der Waals surface area contributed by atoms with E-state index in [-0.39, 0.29) is 11.9 Å². The number of hydrogen-bond donors (Lipinski definition) is 2. The Morgan fingerprint density at radius 2 is 2.00 bits per heavy atom. The Balaban J connectivity index is 1.94. The summed E-state index contributed by atoms with van der Waals surface area (Å²) in [5, 5.41) is 2.86. The zero-order valence-electron chi connectivity index (χ0n) is 13.7. The maximum Gasteiger partial charge on any atom is 0.224 e. The Bertz CT molecular complexity index is 655. The number of rotatable bonds is 7. The third kappa shape index (κ3) is 5.42. The van der Waals surface area contributed by atoms with Gasteiger partial charge in [-0.2, -0.15) is 0 Å². The predicted octanol–water partition coefficient (Wildman–Crippen LogP) is 2.58. The zero-order chi connectivity index (χ0) is 16.7. The molecule has 1 atom stereocenters. The van der Waals surface area contributed by atoms with Crippen LogP contribution >= 0.6 is 0 Å². The van der Waals surface area contributed by atoms with Crippen LogP contribution in [0.3, 0.4) is 0 Å². The van der Waals surface area contributed by atoms with Crippen molar-refractivity contribution in [3.8, 4) is 5.75 Å². The highest BCUT2D eigenvalue weighted by atomic mass is 16.5. The molecule has 3 N–H and O–H groups in total. The minimum atomic E-state index is -0.0287. The molecule has 0 heterocycles. The van der Waals surface area contributed by atoms with Crippen LogP contribution < -0.4 is 15.8 Å². The first-order valence-electron chi connectivity index (χ1n) is 7.84. The van der Waals surface area contributed by atoms with Crippen molar-refractivity contribution in [1.82, 2.24) is 5.32 Å². The van der Waals surface area contributed by atoms with Gasteiger partial charge in [-0.05, 0) is 42.7 Å². The topological polar surface area (TPSA) is 64.3 Å². The molecule has 0 aliphatic rings. The van der Waals surface area contributed by atoms with Gasteiger partial charge in [0.15, 0.2) is 0 Å². The van der Waals surface area contributed by atoms with Gasteiger partial charge < -0.3 is 15.8 Å². The van der Waals surface area contributed by atoms with Crippen molar-refractivity contribution in [2.24, 2.45) is 5.73 Å². The van der Waals surface area contributed by atoms with Crippen molar-refractivity contribution in [2.45, 2.75) is 32.9 Å². The molecule has 0 aliphatic carbocycles. The van der Waals surface area contributed by atoms with Crippen LogP contribution in [0.5, 0.6) is 5.75 Å². The fourth-order valence-corrected chi connectivity index (χ4v) is 2.25. The van der Waals surface area contributed by atoms with E-state index in [0.29, 0.717) is 19.6 Å². The van der Waals surface area contributed by atoms with E-state index in [4.69, 9.17) is 10.5 Å². The molecule has 2 aromatic carbocycles. The van der Waals surface area contributed by atoms with Gasteiger partial charge in [0.05, 0.1) is 6.42 Å². The molecule has 0 saturated carbocycles. The van der Waals surface area contributed by atoms with Gasteiger partial charge in [0.25, 0.3) is 0 Å². The van der Waals surface area contributed by atoms with Crippen molar-refractivity contribution < 1.29 is 9.53 Å². The fourth-order valence-electron chi connectivity index (χ4n) is 2.25. The van der Waals surface area contributed by atoms with Crippen LogP contribution in [0.1, 0.15) is 23.6 Å². The Hall–Kier alpha value is -2.33. The third-order valence-electron chi connectivity index (χ3n) is 3.68. The highest BCUT2D eigenvalue weighted by Gasteiger charge is 2.07. The standard InChI is InChI=1S/C19H24N2O2/c1-14-6-3-4-8-17(14)13-23-18-9-5-7-16(10-18)11-19(22)21-15(2)12-20/h3-10,15H,11-13,20H2,1-2H3,(H,21,22)/t15-/m0/s1. The van der Waals surface area contributed by atoms with Gasteiger partial charge in [-0.25, -0.2) is 0 Å². The summed E-state index contributed by atoms with van der Waals surface area (Å²) in [5.41, 5.74) is 8.80. The van der Waals surface area contributed by atoms with Crippen molar-refractivity contribution in [3.05, 3.63) is 65.2 Å². The second-order valence-corrected chi connectivity index (χ2v) is 5.74. The van der Waals surface area contributed by atoms with Crippen LogP contribution in [0.2, 0.25) is 0 Å². The summed E-state index contributed by atoms with van der Waals surface area (Å²) in [5.74, 6) is 0.740. The lowest BCUT2D eigenvalue weighted by Gasteiger charge is -2.12. The van der Waals surface area contributed by atoms with Crippen molar-refractivity contribution in [2.75, 3.05) is 6.54 Å². The third-order valence-corrected chi connectivity index (χ3v) is 3.68. The fraction of sp³-hybridized carbons (Fsp3) is 0.316. The smallest absolute Gasteiger partial charge is 0.224 e. The monoisotopic (exact) mass is 312 g/mol. The Morgan fingerprint density at radius 1 is 1.22 bits per heavy atom. The molecule has 0 aromatic heterocycles. The first kappa shape index (κ1) is 17.0. The molecule has 0 radical (unpaired) electrons. The van der Waals surface area contributed by atoms with E-state index in [9.17, 15) is 4.79 Å². The van der Waals surface area contributed by atoms with Crippen LogP contribution in [0.15, 0.2) is 48.5 Å². The van der Waals surface area contributed by atoms with E-state index in [2.05, 4.69) is 24.4 Å². The van der Waals surface area contributed by atoms with Gasteiger partial charge in [-0.3, -0.25) is 4.79 Å². The highest BCUT2D eigenvalue weighted by Crippen LogP contribution is 2.17. The van der Waals surface area contributed by atoms with E-state index in [1.807, 2.05) is 43.3 Å². The number of aryl methyl sites for hydroxylation is 1. The van der Waals surface area contributed by atoms with Gasteiger partial charge in [0, 0.05) is 12.6 Å². The highest BCUT2D eigenvalue weighted by molar-refractivity contribution is 5.78. The van der Waals surface area contributed by atoms with Crippen molar-refractivity contribution in [1.29, 1.82) is 0 Å².